The number of hydrogen-bond donors (Lipinski definition) is 1. The molecule has 1 aromatic heterocycles. The molecule has 26 heavy (non-hydrogen) atoms. The summed E-state index contributed by atoms with van der Waals surface area (Å²) in [6, 6.07) is 6.69. The van der Waals surface area contributed by atoms with Crippen molar-refractivity contribution < 1.29 is 13.9 Å². The summed E-state index contributed by atoms with van der Waals surface area (Å²) < 4.78 is 20.9. The van der Waals surface area contributed by atoms with Crippen LogP contribution in [0.15, 0.2) is 24.4 Å². The Hall–Kier alpha value is -3.01. The van der Waals surface area contributed by atoms with E-state index < -0.39 is 5.97 Å². The molecule has 1 fully saturated rings. The molecule has 2 heterocycles. The van der Waals surface area contributed by atoms with Gasteiger partial charge in [0.1, 0.15) is 11.9 Å². The average Bonchev–Trinajstić information content (AvgIpc) is 2.98. The summed E-state index contributed by atoms with van der Waals surface area (Å²) in [4.78, 5) is 14.1. The maximum absolute atomic E-state index is 14.8. The third-order valence-electron chi connectivity index (χ3n) is 4.88. The van der Waals surface area contributed by atoms with Crippen molar-refractivity contribution in [3.8, 4) is 11.8 Å². The van der Waals surface area contributed by atoms with Gasteiger partial charge in [0.15, 0.2) is 5.69 Å². The number of carbonyl (C=O) groups is 1. The van der Waals surface area contributed by atoms with Gasteiger partial charge in [-0.2, -0.15) is 5.26 Å². The molecule has 136 valence electrons. The summed E-state index contributed by atoms with van der Waals surface area (Å²) in [6.07, 6.45) is 3.49. The van der Waals surface area contributed by atoms with Crippen LogP contribution in [0.2, 0.25) is 0 Å². The molecular formula is C19H21FN4O2. The Bertz CT molecular complexity index is 876. The molecule has 3 rings (SSSR count). The number of benzene rings is 1. The number of hydrogen-bond acceptors (Lipinski definition) is 5. The fourth-order valence-electron chi connectivity index (χ4n) is 3.27. The predicted molar refractivity (Wildman–Crippen MR) is 96.8 cm³/mol. The van der Waals surface area contributed by atoms with E-state index >= 15 is 0 Å². The van der Waals surface area contributed by atoms with Crippen molar-refractivity contribution in [2.45, 2.75) is 19.8 Å². The van der Waals surface area contributed by atoms with Crippen LogP contribution in [0.4, 0.5) is 15.8 Å². The zero-order chi connectivity index (χ0) is 18.8. The number of nitriles is 1. The lowest BCUT2D eigenvalue weighted by atomic mass is 9.99. The molecule has 0 amide bonds. The Labute approximate surface area is 151 Å². The molecule has 0 spiro atoms. The number of methoxy groups -OCH3 is 1. The van der Waals surface area contributed by atoms with Crippen LogP contribution in [0.3, 0.4) is 0 Å². The molecule has 0 radical (unpaired) electrons. The lowest BCUT2D eigenvalue weighted by Crippen LogP contribution is -2.33. The number of aromatic nitrogens is 1. The fourth-order valence-corrected chi connectivity index (χ4v) is 3.27. The summed E-state index contributed by atoms with van der Waals surface area (Å²) in [5.74, 6) is -0.402. The van der Waals surface area contributed by atoms with Gasteiger partial charge in [0, 0.05) is 31.0 Å². The summed E-state index contributed by atoms with van der Waals surface area (Å²) in [7, 11) is 1.23. The quantitative estimate of drug-likeness (QED) is 0.854. The summed E-state index contributed by atoms with van der Waals surface area (Å²) in [5, 5.41) is 9.17. The third-order valence-corrected chi connectivity index (χ3v) is 4.88. The van der Waals surface area contributed by atoms with Crippen LogP contribution in [0.1, 0.15) is 35.8 Å². The van der Waals surface area contributed by atoms with Gasteiger partial charge in [-0.05, 0) is 30.9 Å². The number of carbonyl (C=O) groups excluding carboxylic acids is 1. The van der Waals surface area contributed by atoms with Crippen LogP contribution < -0.4 is 10.6 Å². The first-order chi connectivity index (χ1) is 12.5. The number of halogens is 1. The highest BCUT2D eigenvalue weighted by Crippen LogP contribution is 2.29. The van der Waals surface area contributed by atoms with Gasteiger partial charge in [-0.1, -0.05) is 6.92 Å². The van der Waals surface area contributed by atoms with Gasteiger partial charge in [-0.25, -0.2) is 9.18 Å². The van der Waals surface area contributed by atoms with Crippen molar-refractivity contribution in [2.24, 2.45) is 5.92 Å². The van der Waals surface area contributed by atoms with Gasteiger partial charge in [0.2, 0.25) is 0 Å². The van der Waals surface area contributed by atoms with Crippen LogP contribution in [-0.2, 0) is 4.74 Å². The Balaban J connectivity index is 2.00. The van der Waals surface area contributed by atoms with Gasteiger partial charge in [-0.3, -0.25) is 0 Å². The molecule has 2 aromatic rings. The number of esters is 1. The van der Waals surface area contributed by atoms with Crippen LogP contribution >= 0.6 is 0 Å². The lowest BCUT2D eigenvalue weighted by Gasteiger charge is -2.32. The zero-order valence-electron chi connectivity index (χ0n) is 14.8. The van der Waals surface area contributed by atoms with E-state index in [1.54, 1.807) is 12.1 Å². The minimum Gasteiger partial charge on any atom is -0.464 e. The smallest absolute Gasteiger partial charge is 0.357 e. The second-order valence-corrected chi connectivity index (χ2v) is 6.58. The number of anilines is 2. The van der Waals surface area contributed by atoms with Crippen molar-refractivity contribution in [2.75, 3.05) is 30.8 Å². The van der Waals surface area contributed by atoms with Crippen molar-refractivity contribution in [3.05, 3.63) is 41.5 Å². The third kappa shape index (κ3) is 3.10. The molecule has 0 aliphatic carbocycles. The highest BCUT2D eigenvalue weighted by Gasteiger charge is 2.23. The van der Waals surface area contributed by atoms with Crippen molar-refractivity contribution >= 4 is 17.3 Å². The van der Waals surface area contributed by atoms with Gasteiger partial charge in [-0.15, -0.1) is 0 Å². The topological polar surface area (TPSA) is 84.3 Å². The fraction of sp³-hybridized carbons (Fsp3) is 0.368. The Morgan fingerprint density at radius 3 is 2.65 bits per heavy atom. The Morgan fingerprint density at radius 1 is 1.38 bits per heavy atom. The minimum atomic E-state index is -0.682. The molecule has 0 bridgehead atoms. The first kappa shape index (κ1) is 17.8. The van der Waals surface area contributed by atoms with Crippen molar-refractivity contribution in [1.29, 1.82) is 5.26 Å². The first-order valence-corrected chi connectivity index (χ1v) is 8.50. The van der Waals surface area contributed by atoms with Crippen LogP contribution in [0.25, 0.3) is 5.69 Å². The highest BCUT2D eigenvalue weighted by atomic mass is 19.1. The van der Waals surface area contributed by atoms with E-state index in [1.165, 1.54) is 23.9 Å². The first-order valence-electron chi connectivity index (χ1n) is 8.50. The van der Waals surface area contributed by atoms with E-state index in [0.717, 1.165) is 25.9 Å². The Morgan fingerprint density at radius 2 is 2.08 bits per heavy atom. The highest BCUT2D eigenvalue weighted by molar-refractivity contribution is 5.96. The van der Waals surface area contributed by atoms with E-state index in [4.69, 9.17) is 10.5 Å². The minimum absolute atomic E-state index is 0.0167. The number of nitrogen functional groups attached to an aromatic ring is 1. The van der Waals surface area contributed by atoms with E-state index in [2.05, 4.69) is 6.92 Å². The molecular weight excluding hydrogens is 335 g/mol. The van der Waals surface area contributed by atoms with Crippen LogP contribution in [-0.4, -0.2) is 30.7 Å². The number of piperidine rings is 1. The van der Waals surface area contributed by atoms with Gasteiger partial charge in [0.05, 0.1) is 24.0 Å². The molecule has 6 nitrogen and oxygen atoms in total. The molecule has 0 saturated carbocycles. The van der Waals surface area contributed by atoms with E-state index in [0.29, 0.717) is 17.3 Å². The molecule has 2 N–H and O–H groups in total. The average molecular weight is 356 g/mol. The van der Waals surface area contributed by atoms with Crippen molar-refractivity contribution in [1.82, 2.24) is 4.57 Å². The summed E-state index contributed by atoms with van der Waals surface area (Å²) in [5.41, 5.74) is 7.01. The summed E-state index contributed by atoms with van der Waals surface area (Å²) >= 11 is 0. The maximum atomic E-state index is 14.8. The number of rotatable bonds is 3. The maximum Gasteiger partial charge on any atom is 0.357 e. The molecule has 1 aliphatic rings. The molecule has 0 atom stereocenters. The number of nitrogens with two attached hydrogens (primary N) is 1. The number of ether oxygens (including phenoxy) is 1. The molecule has 0 unspecified atom stereocenters. The van der Waals surface area contributed by atoms with Crippen LogP contribution in [0.5, 0.6) is 0 Å². The second kappa shape index (κ2) is 7.08. The van der Waals surface area contributed by atoms with E-state index in [-0.39, 0.29) is 22.8 Å². The SMILES string of the molecule is COC(=O)c1c(N)c(C#N)cn1-c1ccc(N2CCC(C)CC2)c(F)c1. The zero-order valence-corrected chi connectivity index (χ0v) is 14.8. The predicted octanol–water partition coefficient (Wildman–Crippen LogP) is 3.09. The standard InChI is InChI=1S/C19H21FN4O2/c1-12-5-7-23(8-6-12)16-4-3-14(9-15(16)20)24-11-13(10-21)17(22)18(24)19(25)26-2/h3-4,9,11-12H,5-8,22H2,1-2H3. The Kier molecular flexibility index (Phi) is 4.85. The van der Waals surface area contributed by atoms with Gasteiger partial charge < -0.3 is 19.9 Å². The molecule has 7 heteroatoms. The largest absolute Gasteiger partial charge is 0.464 e. The van der Waals surface area contributed by atoms with Gasteiger partial charge in [0.25, 0.3) is 0 Å². The van der Waals surface area contributed by atoms with Gasteiger partial charge >= 0.3 is 5.97 Å². The summed E-state index contributed by atoms with van der Waals surface area (Å²) in [6.45, 7) is 3.84. The molecule has 1 aromatic carbocycles. The van der Waals surface area contributed by atoms with E-state index in [9.17, 15) is 14.4 Å². The number of nitrogens with zero attached hydrogens (tertiary/aromatic N) is 3. The monoisotopic (exact) mass is 356 g/mol. The van der Waals surface area contributed by atoms with Crippen molar-refractivity contribution in [3.63, 3.8) is 0 Å². The second-order valence-electron chi connectivity index (χ2n) is 6.58. The molecule has 1 saturated heterocycles. The molecule has 1 aliphatic heterocycles. The van der Waals surface area contributed by atoms with E-state index in [1.807, 2.05) is 11.0 Å². The normalized spacial score (nSPS) is 14.9. The lowest BCUT2D eigenvalue weighted by molar-refractivity contribution is 0.0593. The van der Waals surface area contributed by atoms with Crippen LogP contribution in [0, 0.1) is 23.1 Å².